The minimum Gasteiger partial charge on any atom is -0.435 e. The van der Waals surface area contributed by atoms with Crippen molar-refractivity contribution >= 4 is 53.4 Å². The maximum Gasteiger partial charge on any atom is 0.227 e. The summed E-state index contributed by atoms with van der Waals surface area (Å²) in [6.07, 6.45) is 0. The van der Waals surface area contributed by atoms with Crippen molar-refractivity contribution in [1.82, 2.24) is 19.9 Å². The van der Waals surface area contributed by atoms with Crippen molar-refractivity contribution in [1.29, 1.82) is 0 Å². The van der Waals surface area contributed by atoms with E-state index in [1.54, 1.807) is 11.3 Å². The molecule has 0 spiro atoms. The lowest BCUT2D eigenvalue weighted by Gasteiger charge is -2.21. The summed E-state index contributed by atoms with van der Waals surface area (Å²) in [7, 11) is 0. The van der Waals surface area contributed by atoms with Gasteiger partial charge >= 0.3 is 0 Å². The van der Waals surface area contributed by atoms with Gasteiger partial charge in [-0.3, -0.25) is 0 Å². The molecule has 10 aromatic rings. The van der Waals surface area contributed by atoms with Crippen molar-refractivity contribution in [3.05, 3.63) is 157 Å². The number of hydrogen-bond donors (Lipinski definition) is 0. The van der Waals surface area contributed by atoms with Crippen molar-refractivity contribution in [3.63, 3.8) is 0 Å². The van der Waals surface area contributed by atoms with Gasteiger partial charge in [-0.15, -0.1) is 11.3 Å². The number of thiophene rings is 1. The molecule has 0 unspecified atom stereocenters. The van der Waals surface area contributed by atoms with E-state index in [1.807, 2.05) is 48.5 Å². The molecule has 0 N–H and O–H groups in total. The molecule has 0 saturated heterocycles. The van der Waals surface area contributed by atoms with Crippen LogP contribution in [0.4, 0.5) is 0 Å². The van der Waals surface area contributed by atoms with E-state index in [-0.39, 0.29) is 5.41 Å². The van der Waals surface area contributed by atoms with Crippen LogP contribution < -0.4 is 0 Å². The second-order valence-corrected chi connectivity index (χ2v) is 15.3. The van der Waals surface area contributed by atoms with E-state index in [2.05, 4.69) is 111 Å². The molecule has 7 aromatic carbocycles. The summed E-state index contributed by atoms with van der Waals surface area (Å²) in [5, 5.41) is 4.48. The molecule has 1 aliphatic rings. The second-order valence-electron chi connectivity index (χ2n) is 14.2. The highest BCUT2D eigenvalue weighted by molar-refractivity contribution is 7.26. The van der Waals surface area contributed by atoms with Crippen LogP contribution in [0.25, 0.3) is 98.8 Å². The van der Waals surface area contributed by atoms with Crippen LogP contribution in [0.5, 0.6) is 0 Å². The van der Waals surface area contributed by atoms with E-state index >= 15 is 0 Å². The molecular weight excluding hydrogens is 669 g/mol. The Morgan fingerprint density at radius 2 is 1.19 bits per heavy atom. The number of rotatable bonds is 4. The quantitative estimate of drug-likeness (QED) is 0.183. The minimum atomic E-state index is -0.137. The molecule has 0 bridgehead atoms. The summed E-state index contributed by atoms with van der Waals surface area (Å²) in [6.45, 7) is 4.60. The zero-order chi connectivity index (χ0) is 35.3. The van der Waals surface area contributed by atoms with Crippen LogP contribution in [0, 0.1) is 0 Å². The van der Waals surface area contributed by atoms with E-state index < -0.39 is 0 Å². The number of fused-ring (bicyclic) bond motifs is 10. The van der Waals surface area contributed by atoms with Crippen LogP contribution in [0.3, 0.4) is 0 Å². The van der Waals surface area contributed by atoms with Gasteiger partial charge in [0.05, 0.1) is 0 Å². The van der Waals surface area contributed by atoms with Gasteiger partial charge in [-0.2, -0.15) is 0 Å². The van der Waals surface area contributed by atoms with Crippen LogP contribution in [-0.2, 0) is 5.41 Å². The van der Waals surface area contributed by atoms with Crippen LogP contribution >= 0.6 is 11.3 Å². The fraction of sp³-hybridized carbons (Fsp3) is 0.0638. The van der Waals surface area contributed by atoms with Crippen LogP contribution in [-0.4, -0.2) is 19.9 Å². The zero-order valence-corrected chi connectivity index (χ0v) is 29.8. The van der Waals surface area contributed by atoms with E-state index in [4.69, 9.17) is 24.4 Å². The van der Waals surface area contributed by atoms with Gasteiger partial charge in [-0.25, -0.2) is 19.9 Å². The predicted molar refractivity (Wildman–Crippen MR) is 217 cm³/mol. The highest BCUT2D eigenvalue weighted by Crippen LogP contribution is 2.50. The Balaban J connectivity index is 1.13. The lowest BCUT2D eigenvalue weighted by atomic mass is 9.82. The fourth-order valence-corrected chi connectivity index (χ4v) is 9.37. The number of nitrogens with zero attached hydrogens (tertiary/aromatic N) is 4. The molecule has 0 fully saturated rings. The summed E-state index contributed by atoms with van der Waals surface area (Å²) in [5.41, 5.74) is 10.5. The third-order valence-electron chi connectivity index (χ3n) is 10.8. The molecule has 1 aliphatic carbocycles. The first-order chi connectivity index (χ1) is 26.0. The van der Waals surface area contributed by atoms with Crippen LogP contribution in [0.1, 0.15) is 25.0 Å². The molecule has 0 aliphatic heterocycles. The fourth-order valence-electron chi connectivity index (χ4n) is 8.15. The monoisotopic (exact) mass is 698 g/mol. The molecule has 0 amide bonds. The molecule has 3 aromatic heterocycles. The maximum absolute atomic E-state index is 6.57. The van der Waals surface area contributed by atoms with E-state index in [9.17, 15) is 0 Å². The van der Waals surface area contributed by atoms with Gasteiger partial charge in [0.25, 0.3) is 0 Å². The van der Waals surface area contributed by atoms with Gasteiger partial charge in [-0.05, 0) is 64.0 Å². The molecule has 250 valence electrons. The summed E-state index contributed by atoms with van der Waals surface area (Å²) in [5.74, 6) is 2.57. The second kappa shape index (κ2) is 11.2. The van der Waals surface area contributed by atoms with Gasteiger partial charge in [0.2, 0.25) is 5.89 Å². The van der Waals surface area contributed by atoms with Gasteiger partial charge in [-0.1, -0.05) is 123 Å². The number of oxazole rings is 1. The Morgan fingerprint density at radius 3 is 2.02 bits per heavy atom. The largest absolute Gasteiger partial charge is 0.435 e. The molecular formula is C47H30N4OS. The summed E-state index contributed by atoms with van der Waals surface area (Å²) < 4.78 is 8.86. The van der Waals surface area contributed by atoms with Crippen molar-refractivity contribution in [2.24, 2.45) is 0 Å². The molecule has 0 radical (unpaired) electrons. The van der Waals surface area contributed by atoms with Gasteiger partial charge in [0.1, 0.15) is 5.52 Å². The van der Waals surface area contributed by atoms with Crippen molar-refractivity contribution in [2.75, 3.05) is 0 Å². The Morgan fingerprint density at radius 1 is 0.509 bits per heavy atom. The van der Waals surface area contributed by atoms with Gasteiger partial charge < -0.3 is 4.42 Å². The third-order valence-corrected chi connectivity index (χ3v) is 12.0. The number of hydrogen-bond acceptors (Lipinski definition) is 6. The summed E-state index contributed by atoms with van der Waals surface area (Å²) >= 11 is 1.76. The summed E-state index contributed by atoms with van der Waals surface area (Å²) in [6, 6.07) is 50.7. The molecule has 11 rings (SSSR count). The first kappa shape index (κ1) is 30.2. The van der Waals surface area contributed by atoms with Crippen molar-refractivity contribution < 1.29 is 4.42 Å². The first-order valence-corrected chi connectivity index (χ1v) is 18.6. The SMILES string of the molecule is CC1(C)c2ccccc2-c2ccc(-c3nc(-c4ccccc4)nc(-c4cccc5c4sc4ccc6ccc7nc(-c8ccccc8)oc7c6c45)n3)cc21. The molecule has 5 nitrogen and oxygen atoms in total. The minimum absolute atomic E-state index is 0.137. The molecule has 0 atom stereocenters. The molecule has 6 heteroatoms. The lowest BCUT2D eigenvalue weighted by molar-refractivity contribution is 0.623. The van der Waals surface area contributed by atoms with Gasteiger partial charge in [0, 0.05) is 53.2 Å². The first-order valence-electron chi connectivity index (χ1n) is 17.8. The summed E-state index contributed by atoms with van der Waals surface area (Å²) in [4.78, 5) is 20.4. The topological polar surface area (TPSA) is 64.7 Å². The highest BCUT2D eigenvalue weighted by atomic mass is 32.1. The number of aromatic nitrogens is 4. The zero-order valence-electron chi connectivity index (χ0n) is 29.0. The highest BCUT2D eigenvalue weighted by Gasteiger charge is 2.35. The van der Waals surface area contributed by atoms with E-state index in [0.29, 0.717) is 23.4 Å². The Bertz CT molecular complexity index is 3090. The Labute approximate surface area is 309 Å². The Kier molecular flexibility index (Phi) is 6.40. The van der Waals surface area contributed by atoms with Crippen molar-refractivity contribution in [3.8, 4) is 56.7 Å². The molecule has 3 heterocycles. The average molecular weight is 699 g/mol. The van der Waals surface area contributed by atoms with E-state index in [1.165, 1.54) is 27.0 Å². The smallest absolute Gasteiger partial charge is 0.227 e. The standard InChI is InChI=1S/C47H30N4OS/c1-47(2)35-19-10-9-16-31(35)32-23-20-30(26-36(32)47)44-49-43(28-12-5-3-6-13-28)50-45(51-44)34-18-11-17-33-40-38(53-42(33)34)25-22-27-21-24-37-41(39(27)40)52-46(48-37)29-14-7-4-8-15-29/h3-26H,1-2H3. The average Bonchev–Trinajstić information content (AvgIpc) is 3.89. The predicted octanol–water partition coefficient (Wildman–Crippen LogP) is 12.5. The third kappa shape index (κ3) is 4.55. The maximum atomic E-state index is 6.57. The lowest BCUT2D eigenvalue weighted by Crippen LogP contribution is -2.15. The van der Waals surface area contributed by atoms with Crippen LogP contribution in [0.2, 0.25) is 0 Å². The molecule has 0 saturated carbocycles. The van der Waals surface area contributed by atoms with Crippen LogP contribution in [0.15, 0.2) is 150 Å². The Hall–Kier alpha value is -6.50. The van der Waals surface area contributed by atoms with E-state index in [0.717, 1.165) is 59.6 Å². The molecule has 53 heavy (non-hydrogen) atoms. The van der Waals surface area contributed by atoms with Gasteiger partial charge in [0.15, 0.2) is 23.1 Å². The van der Waals surface area contributed by atoms with Crippen molar-refractivity contribution in [2.45, 2.75) is 19.3 Å². The normalized spacial score (nSPS) is 13.2. The number of benzene rings is 7.